The predicted octanol–water partition coefficient (Wildman–Crippen LogP) is 1.77. The fraction of sp³-hybridized carbons (Fsp3) is 0.429. The van der Waals surface area contributed by atoms with Crippen LogP contribution in [0.5, 0.6) is 0 Å². The van der Waals surface area contributed by atoms with Crippen LogP contribution in [-0.2, 0) is 4.43 Å². The van der Waals surface area contributed by atoms with Crippen LogP contribution in [0.15, 0.2) is 11.8 Å². The Labute approximate surface area is 67.6 Å². The van der Waals surface area contributed by atoms with E-state index >= 15 is 0 Å². The van der Waals surface area contributed by atoms with Crippen LogP contribution in [0.1, 0.15) is 0 Å². The molecule has 3 nitrogen and oxygen atoms in total. The number of nitrogens with zero attached hydrogens (tertiary/aromatic N) is 2. The van der Waals surface area contributed by atoms with Crippen molar-refractivity contribution in [1.29, 1.82) is 10.5 Å². The molecule has 0 amide bonds. The molecule has 0 unspecified atom stereocenters. The van der Waals surface area contributed by atoms with Crippen molar-refractivity contribution in [3.8, 4) is 12.1 Å². The fourth-order valence-electron chi connectivity index (χ4n) is 0.473. The Morgan fingerprint density at radius 2 is 1.91 bits per heavy atom. The van der Waals surface area contributed by atoms with Gasteiger partial charge in [-0.05, 0) is 19.6 Å². The molecular weight excluding hydrogens is 156 g/mol. The third kappa shape index (κ3) is 5.19. The van der Waals surface area contributed by atoms with Gasteiger partial charge < -0.3 is 4.43 Å². The van der Waals surface area contributed by atoms with E-state index in [1.165, 1.54) is 0 Å². The van der Waals surface area contributed by atoms with E-state index in [2.05, 4.69) is 0 Å². The molecular formula is C7H10N2OSi. The second-order valence-corrected chi connectivity index (χ2v) is 7.39. The summed E-state index contributed by atoms with van der Waals surface area (Å²) in [5.74, 6) is 0.117. The van der Waals surface area contributed by atoms with Crippen molar-refractivity contribution in [3.63, 3.8) is 0 Å². The molecule has 0 saturated carbocycles. The van der Waals surface area contributed by atoms with Crippen molar-refractivity contribution in [2.24, 2.45) is 0 Å². The largest absolute Gasteiger partial charge is 0.537 e. The highest BCUT2D eigenvalue weighted by Gasteiger charge is 2.17. The van der Waals surface area contributed by atoms with Gasteiger partial charge in [-0.15, -0.1) is 0 Å². The second-order valence-electron chi connectivity index (χ2n) is 2.96. The molecule has 0 heterocycles. The first kappa shape index (κ1) is 9.74. The van der Waals surface area contributed by atoms with Crippen molar-refractivity contribution >= 4 is 8.32 Å². The van der Waals surface area contributed by atoms with Crippen LogP contribution < -0.4 is 0 Å². The molecule has 4 heteroatoms. The lowest BCUT2D eigenvalue weighted by atomic mass is 10.5. The maximum Gasteiger partial charge on any atom is 0.243 e. The Hall–Kier alpha value is -1.26. The minimum atomic E-state index is -1.72. The number of rotatable bonds is 2. The van der Waals surface area contributed by atoms with Crippen LogP contribution in [0.25, 0.3) is 0 Å². The van der Waals surface area contributed by atoms with Crippen LogP contribution in [-0.4, -0.2) is 8.32 Å². The van der Waals surface area contributed by atoms with E-state index in [0.717, 1.165) is 6.08 Å². The highest BCUT2D eigenvalue weighted by molar-refractivity contribution is 6.70. The molecule has 0 fully saturated rings. The lowest BCUT2D eigenvalue weighted by Gasteiger charge is -2.16. The van der Waals surface area contributed by atoms with Crippen molar-refractivity contribution in [1.82, 2.24) is 0 Å². The zero-order valence-corrected chi connectivity index (χ0v) is 7.88. The third-order valence-corrected chi connectivity index (χ3v) is 1.55. The first-order chi connectivity index (χ1) is 4.99. The molecule has 58 valence electrons. The van der Waals surface area contributed by atoms with E-state index in [4.69, 9.17) is 14.9 Å². The van der Waals surface area contributed by atoms with Gasteiger partial charge in [0.1, 0.15) is 6.07 Å². The van der Waals surface area contributed by atoms with Gasteiger partial charge in [0.2, 0.25) is 8.32 Å². The van der Waals surface area contributed by atoms with Crippen LogP contribution in [0, 0.1) is 22.7 Å². The Balaban J connectivity index is 4.28. The summed E-state index contributed by atoms with van der Waals surface area (Å²) in [7, 11) is -1.72. The molecule has 0 rings (SSSR count). The monoisotopic (exact) mass is 166 g/mol. The van der Waals surface area contributed by atoms with Crippen molar-refractivity contribution in [2.45, 2.75) is 19.6 Å². The number of nitriles is 2. The van der Waals surface area contributed by atoms with E-state index < -0.39 is 8.32 Å². The van der Waals surface area contributed by atoms with Crippen LogP contribution in [0.2, 0.25) is 19.6 Å². The van der Waals surface area contributed by atoms with Crippen molar-refractivity contribution in [2.75, 3.05) is 0 Å². The predicted molar refractivity (Wildman–Crippen MR) is 43.7 cm³/mol. The molecule has 0 saturated heterocycles. The molecule has 11 heavy (non-hydrogen) atoms. The van der Waals surface area contributed by atoms with Crippen molar-refractivity contribution in [3.05, 3.63) is 11.8 Å². The number of allylic oxidation sites excluding steroid dienone is 2. The van der Waals surface area contributed by atoms with Gasteiger partial charge in [0.15, 0.2) is 5.76 Å². The van der Waals surface area contributed by atoms with Gasteiger partial charge in [0.25, 0.3) is 0 Å². The summed E-state index contributed by atoms with van der Waals surface area (Å²) in [5, 5.41) is 16.7. The highest BCUT2D eigenvalue weighted by Crippen LogP contribution is 2.08. The number of hydrogen-bond donors (Lipinski definition) is 0. The van der Waals surface area contributed by atoms with E-state index in [1.54, 1.807) is 6.07 Å². The van der Waals surface area contributed by atoms with E-state index in [1.807, 2.05) is 25.7 Å². The fourth-order valence-corrected chi connectivity index (χ4v) is 1.24. The van der Waals surface area contributed by atoms with E-state index in [-0.39, 0.29) is 5.76 Å². The van der Waals surface area contributed by atoms with Gasteiger partial charge >= 0.3 is 0 Å². The Kier molecular flexibility index (Phi) is 3.36. The van der Waals surface area contributed by atoms with Crippen LogP contribution >= 0.6 is 0 Å². The molecule has 0 spiro atoms. The summed E-state index contributed by atoms with van der Waals surface area (Å²) in [6.07, 6.45) is 1.12. The molecule has 0 aliphatic carbocycles. The molecule has 0 aliphatic rings. The Bertz CT molecular complexity index is 239. The average molecular weight is 166 g/mol. The topological polar surface area (TPSA) is 56.8 Å². The summed E-state index contributed by atoms with van der Waals surface area (Å²) in [6, 6.07) is 3.56. The quantitative estimate of drug-likeness (QED) is 0.357. The molecule has 0 aromatic heterocycles. The average Bonchev–Trinajstić information content (AvgIpc) is 1.84. The summed E-state index contributed by atoms with van der Waals surface area (Å²) in [4.78, 5) is 0. The molecule has 0 N–H and O–H groups in total. The standard InChI is InChI=1S/C7H10N2OSi/c1-11(2,3)10-7(6-9)4-5-8/h4H,1-3H3. The smallest absolute Gasteiger partial charge is 0.243 e. The maximum absolute atomic E-state index is 8.45. The molecule has 0 bridgehead atoms. The molecule has 0 aromatic carbocycles. The lowest BCUT2D eigenvalue weighted by molar-refractivity contribution is 0.446. The summed E-state index contributed by atoms with van der Waals surface area (Å²) in [5.41, 5.74) is 0. The second kappa shape index (κ2) is 3.80. The SMILES string of the molecule is C[Si](C)(C)OC(C#N)=CC#N. The molecule has 0 aromatic rings. The Morgan fingerprint density at radius 3 is 2.18 bits per heavy atom. The van der Waals surface area contributed by atoms with Crippen LogP contribution in [0.4, 0.5) is 0 Å². The first-order valence-corrected chi connectivity index (χ1v) is 6.59. The van der Waals surface area contributed by atoms with Gasteiger partial charge in [-0.2, -0.15) is 10.5 Å². The maximum atomic E-state index is 8.45. The van der Waals surface area contributed by atoms with Crippen molar-refractivity contribution < 1.29 is 4.43 Å². The van der Waals surface area contributed by atoms with Gasteiger partial charge in [0, 0.05) is 0 Å². The van der Waals surface area contributed by atoms with Gasteiger partial charge in [-0.25, -0.2) is 0 Å². The minimum absolute atomic E-state index is 0.117. The van der Waals surface area contributed by atoms with E-state index in [0.29, 0.717) is 0 Å². The number of hydrogen-bond acceptors (Lipinski definition) is 3. The van der Waals surface area contributed by atoms with Gasteiger partial charge in [0.05, 0.1) is 12.1 Å². The zero-order chi connectivity index (χ0) is 8.91. The molecule has 0 aliphatic heterocycles. The van der Waals surface area contributed by atoms with E-state index in [9.17, 15) is 0 Å². The molecule has 0 radical (unpaired) electrons. The lowest BCUT2D eigenvalue weighted by Crippen LogP contribution is -2.24. The first-order valence-electron chi connectivity index (χ1n) is 3.18. The molecule has 0 atom stereocenters. The van der Waals surface area contributed by atoms with Gasteiger partial charge in [-0.1, -0.05) is 0 Å². The Morgan fingerprint density at radius 1 is 1.36 bits per heavy atom. The normalized spacial score (nSPS) is 11.5. The summed E-state index contributed by atoms with van der Waals surface area (Å²) in [6.45, 7) is 5.86. The zero-order valence-electron chi connectivity index (χ0n) is 6.88. The third-order valence-electron chi connectivity index (χ3n) is 0.722. The summed E-state index contributed by atoms with van der Waals surface area (Å²) >= 11 is 0. The minimum Gasteiger partial charge on any atom is -0.537 e. The van der Waals surface area contributed by atoms with Crippen LogP contribution in [0.3, 0.4) is 0 Å². The highest BCUT2D eigenvalue weighted by atomic mass is 28.4. The summed E-state index contributed by atoms with van der Waals surface area (Å²) < 4.78 is 5.24. The van der Waals surface area contributed by atoms with Gasteiger partial charge in [-0.3, -0.25) is 0 Å².